The zero-order valence-corrected chi connectivity index (χ0v) is 22.0. The van der Waals surface area contributed by atoms with E-state index in [1.165, 1.54) is 0 Å². The number of hydrogen-bond acceptors (Lipinski definition) is 4. The molecule has 0 fully saturated rings. The van der Waals surface area contributed by atoms with Crippen LogP contribution in [0.25, 0.3) is 0 Å². The summed E-state index contributed by atoms with van der Waals surface area (Å²) in [7, 11) is 0. The maximum absolute atomic E-state index is 12.6. The number of carbonyl (C=O) groups is 2. The van der Waals surface area contributed by atoms with Crippen LogP contribution in [0.4, 0.5) is 5.69 Å². The van der Waals surface area contributed by atoms with Crippen LogP contribution in [0.3, 0.4) is 0 Å². The highest BCUT2D eigenvalue weighted by molar-refractivity contribution is 9.10. The molecule has 2 amide bonds. The molecule has 0 unspecified atom stereocenters. The van der Waals surface area contributed by atoms with Crippen molar-refractivity contribution in [2.45, 2.75) is 26.8 Å². The van der Waals surface area contributed by atoms with Gasteiger partial charge in [0, 0.05) is 23.4 Å². The number of hydrogen-bond donors (Lipinski definition) is 3. The maximum Gasteiger partial charge on any atom is 0.257 e. The van der Waals surface area contributed by atoms with E-state index in [0.29, 0.717) is 46.1 Å². The van der Waals surface area contributed by atoms with Crippen molar-refractivity contribution in [3.8, 4) is 5.75 Å². The van der Waals surface area contributed by atoms with Crippen LogP contribution in [-0.2, 0) is 6.54 Å². The molecule has 3 rings (SSSR count). The van der Waals surface area contributed by atoms with E-state index in [9.17, 15) is 9.59 Å². The van der Waals surface area contributed by atoms with Crippen molar-refractivity contribution >= 4 is 50.8 Å². The zero-order valence-electron chi connectivity index (χ0n) is 19.6. The van der Waals surface area contributed by atoms with E-state index in [1.54, 1.807) is 42.5 Å². The monoisotopic (exact) mass is 553 g/mol. The minimum Gasteiger partial charge on any atom is -0.492 e. The summed E-state index contributed by atoms with van der Waals surface area (Å²) in [4.78, 5) is 25.2. The van der Waals surface area contributed by atoms with Gasteiger partial charge in [0.1, 0.15) is 5.75 Å². The molecule has 3 aromatic carbocycles. The van der Waals surface area contributed by atoms with E-state index in [-0.39, 0.29) is 16.9 Å². The number of halogens is 1. The van der Waals surface area contributed by atoms with Gasteiger partial charge in [-0.1, -0.05) is 50.2 Å². The molecule has 0 heterocycles. The minimum atomic E-state index is -0.353. The Kier molecular flexibility index (Phi) is 9.81. The van der Waals surface area contributed by atoms with E-state index in [0.717, 1.165) is 12.0 Å². The number of benzene rings is 3. The normalized spacial score (nSPS) is 10.5. The molecule has 0 spiro atoms. The molecule has 0 aliphatic rings. The molecule has 0 saturated heterocycles. The second-order valence-electron chi connectivity index (χ2n) is 8.33. The Morgan fingerprint density at radius 2 is 1.69 bits per heavy atom. The minimum absolute atomic E-state index is 0.130. The number of amides is 2. The highest BCUT2D eigenvalue weighted by Crippen LogP contribution is 2.26. The summed E-state index contributed by atoms with van der Waals surface area (Å²) in [6, 6.07) is 21.7. The number of carbonyl (C=O) groups excluding carboxylic acids is 2. The van der Waals surface area contributed by atoms with Gasteiger partial charge in [-0.05, 0) is 82.4 Å². The van der Waals surface area contributed by atoms with Crippen LogP contribution >= 0.6 is 28.1 Å². The average Bonchev–Trinajstić information content (AvgIpc) is 2.84. The van der Waals surface area contributed by atoms with Crippen LogP contribution in [0.15, 0.2) is 77.3 Å². The van der Waals surface area contributed by atoms with Crippen molar-refractivity contribution in [1.82, 2.24) is 10.6 Å². The Morgan fingerprint density at radius 1 is 0.943 bits per heavy atom. The van der Waals surface area contributed by atoms with Crippen LogP contribution in [0.5, 0.6) is 5.75 Å². The fourth-order valence-corrected chi connectivity index (χ4v) is 3.82. The molecule has 0 aliphatic carbocycles. The molecule has 0 saturated carbocycles. The largest absolute Gasteiger partial charge is 0.492 e. The van der Waals surface area contributed by atoms with Crippen LogP contribution in [0, 0.1) is 5.92 Å². The van der Waals surface area contributed by atoms with Crippen LogP contribution in [-0.4, -0.2) is 23.5 Å². The second-order valence-corrected chi connectivity index (χ2v) is 9.60. The summed E-state index contributed by atoms with van der Waals surface area (Å²) in [6.45, 7) is 5.32. The van der Waals surface area contributed by atoms with Crippen LogP contribution in [0.1, 0.15) is 46.5 Å². The molecule has 0 aliphatic heterocycles. The second kappa shape index (κ2) is 13.0. The van der Waals surface area contributed by atoms with Crippen molar-refractivity contribution in [2.24, 2.45) is 5.92 Å². The van der Waals surface area contributed by atoms with Crippen molar-refractivity contribution in [2.75, 3.05) is 11.9 Å². The molecule has 35 heavy (non-hydrogen) atoms. The Hall–Kier alpha value is -3.23. The summed E-state index contributed by atoms with van der Waals surface area (Å²) in [5, 5.41) is 8.65. The van der Waals surface area contributed by atoms with Crippen molar-refractivity contribution < 1.29 is 14.3 Å². The quantitative estimate of drug-likeness (QED) is 0.286. The van der Waals surface area contributed by atoms with Gasteiger partial charge in [-0.3, -0.25) is 14.9 Å². The van der Waals surface area contributed by atoms with Crippen LogP contribution < -0.4 is 20.7 Å². The molecule has 8 heteroatoms. The summed E-state index contributed by atoms with van der Waals surface area (Å²) in [5.41, 5.74) is 2.53. The van der Waals surface area contributed by atoms with Crippen molar-refractivity contribution in [3.63, 3.8) is 0 Å². The third kappa shape index (κ3) is 8.49. The molecular formula is C27H28BrN3O3S. The first-order valence-corrected chi connectivity index (χ1v) is 12.5. The van der Waals surface area contributed by atoms with Gasteiger partial charge in [0.05, 0.1) is 11.1 Å². The fraction of sp³-hybridized carbons (Fsp3) is 0.222. The first-order valence-electron chi connectivity index (χ1n) is 11.3. The topological polar surface area (TPSA) is 79.5 Å². The van der Waals surface area contributed by atoms with Crippen molar-refractivity contribution in [1.29, 1.82) is 0 Å². The van der Waals surface area contributed by atoms with Gasteiger partial charge in [0.15, 0.2) is 5.11 Å². The average molecular weight is 555 g/mol. The van der Waals surface area contributed by atoms with Crippen LogP contribution in [0.2, 0.25) is 0 Å². The first-order chi connectivity index (χ1) is 16.8. The summed E-state index contributed by atoms with van der Waals surface area (Å²) in [5.74, 6) is 0.684. The van der Waals surface area contributed by atoms with Gasteiger partial charge in [-0.15, -0.1) is 0 Å². The Morgan fingerprint density at radius 3 is 2.40 bits per heavy atom. The molecule has 0 radical (unpaired) electrons. The lowest BCUT2D eigenvalue weighted by molar-refractivity contribution is 0.0948. The molecule has 6 nitrogen and oxygen atoms in total. The highest BCUT2D eigenvalue weighted by Gasteiger charge is 2.12. The maximum atomic E-state index is 12.6. The zero-order chi connectivity index (χ0) is 25.2. The Balaban J connectivity index is 1.54. The summed E-state index contributed by atoms with van der Waals surface area (Å²) < 4.78 is 6.46. The first kappa shape index (κ1) is 26.4. The molecule has 0 bridgehead atoms. The van der Waals surface area contributed by atoms with Gasteiger partial charge >= 0.3 is 0 Å². The van der Waals surface area contributed by atoms with Crippen molar-refractivity contribution in [3.05, 3.63) is 94.0 Å². The van der Waals surface area contributed by atoms with E-state index in [2.05, 4.69) is 45.7 Å². The van der Waals surface area contributed by atoms with Gasteiger partial charge in [0.2, 0.25) is 0 Å². The van der Waals surface area contributed by atoms with E-state index in [1.807, 2.05) is 30.3 Å². The standard InChI is InChI=1S/C27H28BrN3O3S/c1-18(2)13-14-34-24-12-11-21(16-23(24)28)26(33)31-27(35)30-22-10-6-9-20(15-22)25(32)29-17-19-7-4-3-5-8-19/h3-12,15-16,18H,13-14,17H2,1-2H3,(H,29,32)(H2,30,31,33,35). The molecule has 3 aromatic rings. The molecule has 3 N–H and O–H groups in total. The lowest BCUT2D eigenvalue weighted by Crippen LogP contribution is -2.34. The number of thiocarbonyl (C=S) groups is 1. The number of rotatable bonds is 9. The summed E-state index contributed by atoms with van der Waals surface area (Å²) >= 11 is 8.76. The number of anilines is 1. The Labute approximate surface area is 219 Å². The fourth-order valence-electron chi connectivity index (χ4n) is 3.12. The van der Waals surface area contributed by atoms with Gasteiger partial charge < -0.3 is 15.4 Å². The lowest BCUT2D eigenvalue weighted by atomic mass is 10.1. The van der Waals surface area contributed by atoms with Gasteiger partial charge in [-0.25, -0.2) is 0 Å². The highest BCUT2D eigenvalue weighted by atomic mass is 79.9. The molecule has 0 atom stereocenters. The predicted molar refractivity (Wildman–Crippen MR) is 147 cm³/mol. The molecule has 182 valence electrons. The molecule has 0 aromatic heterocycles. The number of nitrogens with one attached hydrogen (secondary N) is 3. The smallest absolute Gasteiger partial charge is 0.257 e. The van der Waals surface area contributed by atoms with E-state index in [4.69, 9.17) is 17.0 Å². The van der Waals surface area contributed by atoms with E-state index < -0.39 is 0 Å². The van der Waals surface area contributed by atoms with E-state index >= 15 is 0 Å². The Bertz CT molecular complexity index is 1190. The van der Waals surface area contributed by atoms with Gasteiger partial charge in [-0.2, -0.15) is 0 Å². The lowest BCUT2D eigenvalue weighted by Gasteiger charge is -2.13. The van der Waals surface area contributed by atoms with Gasteiger partial charge in [0.25, 0.3) is 11.8 Å². The predicted octanol–water partition coefficient (Wildman–Crippen LogP) is 5.93. The number of ether oxygens (including phenoxy) is 1. The third-order valence-electron chi connectivity index (χ3n) is 5.05. The third-order valence-corrected chi connectivity index (χ3v) is 5.88. The SMILES string of the molecule is CC(C)CCOc1ccc(C(=O)NC(=S)Nc2cccc(C(=O)NCc3ccccc3)c2)cc1Br. The summed E-state index contributed by atoms with van der Waals surface area (Å²) in [6.07, 6.45) is 0.949. The molecular weight excluding hydrogens is 526 g/mol.